The van der Waals surface area contributed by atoms with E-state index in [0.29, 0.717) is 16.5 Å². The van der Waals surface area contributed by atoms with E-state index in [1.807, 2.05) is 0 Å². The molecule has 5 nitrogen and oxygen atoms in total. The summed E-state index contributed by atoms with van der Waals surface area (Å²) in [5.74, 6) is 0.574. The van der Waals surface area contributed by atoms with Crippen LogP contribution in [0.5, 0.6) is 5.75 Å². The third-order valence-corrected chi connectivity index (χ3v) is 5.17. The topological polar surface area (TPSA) is 72.6 Å². The first-order valence-corrected chi connectivity index (χ1v) is 7.86. The first-order chi connectivity index (χ1) is 9.86. The molecule has 2 aromatic rings. The van der Waals surface area contributed by atoms with E-state index in [-0.39, 0.29) is 10.6 Å². The van der Waals surface area contributed by atoms with Gasteiger partial charge in [-0.05, 0) is 30.3 Å². The number of halogens is 1. The van der Waals surface area contributed by atoms with Crippen LogP contribution < -0.4 is 14.8 Å². The molecular weight excluding hydrogens is 312 g/mol. The number of nitrogen functional groups attached to an aromatic ring is 1. The zero-order valence-electron chi connectivity index (χ0n) is 11.6. The zero-order chi connectivity index (χ0) is 15.6. The normalized spacial score (nSPS) is 11.2. The van der Waals surface area contributed by atoms with Crippen molar-refractivity contribution in [1.82, 2.24) is 0 Å². The number of nitrogens with two attached hydrogens (primary N) is 1. The Morgan fingerprint density at radius 1 is 1.19 bits per heavy atom. The number of rotatable bonds is 4. The van der Waals surface area contributed by atoms with Crippen molar-refractivity contribution in [3.63, 3.8) is 0 Å². The zero-order valence-corrected chi connectivity index (χ0v) is 13.1. The Labute approximate surface area is 128 Å². The van der Waals surface area contributed by atoms with Crippen molar-refractivity contribution in [2.75, 3.05) is 24.2 Å². The van der Waals surface area contributed by atoms with E-state index >= 15 is 0 Å². The van der Waals surface area contributed by atoms with Crippen LogP contribution in [0.2, 0.25) is 5.02 Å². The lowest BCUT2D eigenvalue weighted by molar-refractivity contribution is 0.415. The lowest BCUT2D eigenvalue weighted by atomic mass is 10.3. The molecule has 0 aliphatic heterocycles. The fourth-order valence-electron chi connectivity index (χ4n) is 1.79. The van der Waals surface area contributed by atoms with Crippen molar-refractivity contribution in [2.45, 2.75) is 4.90 Å². The van der Waals surface area contributed by atoms with Gasteiger partial charge in [0.15, 0.2) is 0 Å². The number of hydrogen-bond acceptors (Lipinski definition) is 4. The van der Waals surface area contributed by atoms with Crippen molar-refractivity contribution in [3.05, 3.63) is 47.5 Å². The van der Waals surface area contributed by atoms with Crippen LogP contribution >= 0.6 is 11.6 Å². The van der Waals surface area contributed by atoms with Crippen molar-refractivity contribution in [2.24, 2.45) is 0 Å². The Kier molecular flexibility index (Phi) is 4.29. The van der Waals surface area contributed by atoms with E-state index in [9.17, 15) is 8.42 Å². The summed E-state index contributed by atoms with van der Waals surface area (Å²) in [6.07, 6.45) is 0. The van der Waals surface area contributed by atoms with Crippen LogP contribution in [-0.4, -0.2) is 22.6 Å². The Morgan fingerprint density at radius 2 is 1.90 bits per heavy atom. The predicted octanol–water partition coefficient (Wildman–Crippen LogP) is 2.76. The average molecular weight is 327 g/mol. The SMILES string of the molecule is COc1cccc(N(C)S(=O)(=O)c2ccc(Cl)c(N)c2)c1. The molecule has 0 saturated carbocycles. The van der Waals surface area contributed by atoms with E-state index in [1.165, 1.54) is 32.4 Å². The molecule has 2 rings (SSSR count). The van der Waals surface area contributed by atoms with Gasteiger partial charge in [0.25, 0.3) is 10.0 Å². The maximum Gasteiger partial charge on any atom is 0.264 e. The summed E-state index contributed by atoms with van der Waals surface area (Å²) in [5.41, 5.74) is 6.37. The minimum absolute atomic E-state index is 0.0784. The van der Waals surface area contributed by atoms with Gasteiger partial charge in [0.2, 0.25) is 0 Å². The minimum atomic E-state index is -3.72. The molecule has 0 bridgehead atoms. The summed E-state index contributed by atoms with van der Waals surface area (Å²) in [5, 5.41) is 0.318. The summed E-state index contributed by atoms with van der Waals surface area (Å²) in [6, 6.07) is 11.0. The largest absolute Gasteiger partial charge is 0.497 e. The first-order valence-electron chi connectivity index (χ1n) is 6.04. The van der Waals surface area contributed by atoms with Gasteiger partial charge >= 0.3 is 0 Å². The third kappa shape index (κ3) is 3.06. The van der Waals surface area contributed by atoms with Gasteiger partial charge in [0.1, 0.15) is 5.75 Å². The number of anilines is 2. The summed E-state index contributed by atoms with van der Waals surface area (Å²) in [6.45, 7) is 0. The number of ether oxygens (including phenoxy) is 1. The molecule has 2 N–H and O–H groups in total. The van der Waals surface area contributed by atoms with E-state index in [2.05, 4.69) is 0 Å². The first kappa shape index (κ1) is 15.5. The number of benzene rings is 2. The summed E-state index contributed by atoms with van der Waals surface area (Å²) >= 11 is 5.82. The highest BCUT2D eigenvalue weighted by molar-refractivity contribution is 7.92. The van der Waals surface area contributed by atoms with Crippen LogP contribution in [0.1, 0.15) is 0 Å². The van der Waals surface area contributed by atoms with Crippen molar-refractivity contribution in [3.8, 4) is 5.75 Å². The minimum Gasteiger partial charge on any atom is -0.497 e. The fraction of sp³-hybridized carbons (Fsp3) is 0.143. The molecule has 0 amide bonds. The molecular formula is C14H15ClN2O3S. The quantitative estimate of drug-likeness (QED) is 0.877. The highest BCUT2D eigenvalue weighted by atomic mass is 35.5. The van der Waals surface area contributed by atoms with Gasteiger partial charge in [0, 0.05) is 13.1 Å². The molecule has 0 aliphatic rings. The highest BCUT2D eigenvalue weighted by Crippen LogP contribution is 2.28. The maximum absolute atomic E-state index is 12.6. The molecule has 0 saturated heterocycles. The molecule has 0 unspecified atom stereocenters. The molecule has 112 valence electrons. The van der Waals surface area contributed by atoms with Crippen LogP contribution in [-0.2, 0) is 10.0 Å². The molecule has 0 atom stereocenters. The summed E-state index contributed by atoms with van der Waals surface area (Å²) in [4.78, 5) is 0.0784. The number of hydrogen-bond donors (Lipinski definition) is 1. The summed E-state index contributed by atoms with van der Waals surface area (Å²) in [7, 11) is -0.729. The van der Waals surface area contributed by atoms with Gasteiger partial charge in [-0.15, -0.1) is 0 Å². The van der Waals surface area contributed by atoms with Crippen LogP contribution in [0, 0.1) is 0 Å². The van der Waals surface area contributed by atoms with Gasteiger partial charge in [-0.1, -0.05) is 17.7 Å². The van der Waals surface area contributed by atoms with Crippen LogP contribution in [0.25, 0.3) is 0 Å². The van der Waals surface area contributed by atoms with Gasteiger partial charge in [-0.3, -0.25) is 4.31 Å². The number of nitrogens with zero attached hydrogens (tertiary/aromatic N) is 1. The third-order valence-electron chi connectivity index (χ3n) is 3.04. The second-order valence-electron chi connectivity index (χ2n) is 4.36. The van der Waals surface area contributed by atoms with Crippen LogP contribution in [0.3, 0.4) is 0 Å². The standard InChI is InChI=1S/C14H15ClN2O3S/c1-17(10-4-3-5-11(8-10)20-2)21(18,19)12-6-7-13(15)14(16)9-12/h3-9H,16H2,1-2H3. The second-order valence-corrected chi connectivity index (χ2v) is 6.73. The molecule has 0 radical (unpaired) electrons. The Bertz CT molecular complexity index is 763. The maximum atomic E-state index is 12.6. The van der Waals surface area contributed by atoms with Gasteiger partial charge in [-0.2, -0.15) is 0 Å². The molecule has 0 heterocycles. The van der Waals surface area contributed by atoms with E-state index < -0.39 is 10.0 Å². The van der Waals surface area contributed by atoms with E-state index in [1.54, 1.807) is 24.3 Å². The van der Waals surface area contributed by atoms with Gasteiger partial charge in [0.05, 0.1) is 28.4 Å². The lowest BCUT2D eigenvalue weighted by Crippen LogP contribution is -2.26. The van der Waals surface area contributed by atoms with Crippen LogP contribution in [0.4, 0.5) is 11.4 Å². The molecule has 7 heteroatoms. The summed E-state index contributed by atoms with van der Waals surface area (Å²) < 4.78 is 31.4. The number of methoxy groups -OCH3 is 1. The van der Waals surface area contributed by atoms with E-state index in [4.69, 9.17) is 22.1 Å². The molecule has 2 aromatic carbocycles. The second kappa shape index (κ2) is 5.83. The van der Waals surface area contributed by atoms with Crippen molar-refractivity contribution < 1.29 is 13.2 Å². The van der Waals surface area contributed by atoms with Crippen LogP contribution in [0.15, 0.2) is 47.4 Å². The Morgan fingerprint density at radius 3 is 2.52 bits per heavy atom. The van der Waals surface area contributed by atoms with Crippen molar-refractivity contribution >= 4 is 33.0 Å². The fourth-order valence-corrected chi connectivity index (χ4v) is 3.13. The molecule has 0 spiro atoms. The molecule has 0 aliphatic carbocycles. The molecule has 21 heavy (non-hydrogen) atoms. The van der Waals surface area contributed by atoms with Gasteiger partial charge < -0.3 is 10.5 Å². The molecule has 0 aromatic heterocycles. The Hall–Kier alpha value is -1.92. The van der Waals surface area contributed by atoms with Crippen molar-refractivity contribution in [1.29, 1.82) is 0 Å². The van der Waals surface area contributed by atoms with E-state index in [0.717, 1.165) is 4.31 Å². The number of sulfonamides is 1. The Balaban J connectivity index is 2.44. The average Bonchev–Trinajstić information content (AvgIpc) is 2.49. The molecule has 0 fully saturated rings. The van der Waals surface area contributed by atoms with Gasteiger partial charge in [-0.25, -0.2) is 8.42 Å². The predicted molar refractivity (Wildman–Crippen MR) is 84.4 cm³/mol. The highest BCUT2D eigenvalue weighted by Gasteiger charge is 2.22. The smallest absolute Gasteiger partial charge is 0.264 e. The monoisotopic (exact) mass is 326 g/mol. The lowest BCUT2D eigenvalue weighted by Gasteiger charge is -2.20.